The molecular weight excluding hydrogens is 446 g/mol. The fourth-order valence-electron chi connectivity index (χ4n) is 3.73. The minimum Gasteiger partial charge on any atom is -0.445 e. The van der Waals surface area contributed by atoms with Gasteiger partial charge in [-0.05, 0) is 57.9 Å². The highest BCUT2D eigenvalue weighted by Gasteiger charge is 2.31. The van der Waals surface area contributed by atoms with E-state index in [0.717, 1.165) is 24.8 Å². The second-order valence-corrected chi connectivity index (χ2v) is 9.96. The summed E-state index contributed by atoms with van der Waals surface area (Å²) in [7, 11) is 0. The number of likely N-dealkylation sites (tertiary alicyclic amines) is 1. The van der Waals surface area contributed by atoms with E-state index in [2.05, 4.69) is 10.6 Å². The molecule has 0 radical (unpaired) electrons. The summed E-state index contributed by atoms with van der Waals surface area (Å²) in [5.41, 5.74) is 0.298. The van der Waals surface area contributed by atoms with E-state index in [4.69, 9.17) is 9.47 Å². The van der Waals surface area contributed by atoms with E-state index >= 15 is 0 Å². The molecule has 2 rings (SSSR count). The number of nitrogens with zero attached hydrogens (tertiary/aromatic N) is 1. The molecule has 8 nitrogen and oxygen atoms in total. The highest BCUT2D eigenvalue weighted by atomic mass is 16.6. The molecule has 0 aliphatic carbocycles. The number of hydrogen-bond acceptors (Lipinski definition) is 5. The Morgan fingerprint density at radius 1 is 1.09 bits per heavy atom. The zero-order valence-electron chi connectivity index (χ0n) is 22.6. The third kappa shape index (κ3) is 12.0. The number of hydrogen-bond donors (Lipinski definition) is 2. The monoisotopic (exact) mass is 491 g/mol. The highest BCUT2D eigenvalue weighted by Crippen LogP contribution is 2.20. The van der Waals surface area contributed by atoms with Gasteiger partial charge < -0.3 is 25.0 Å². The predicted octanol–water partition coefficient (Wildman–Crippen LogP) is 5.26. The van der Waals surface area contributed by atoms with Crippen LogP contribution in [0.1, 0.15) is 79.7 Å². The predicted molar refractivity (Wildman–Crippen MR) is 138 cm³/mol. The fourth-order valence-corrected chi connectivity index (χ4v) is 3.73. The molecule has 1 aliphatic rings. The van der Waals surface area contributed by atoms with Crippen molar-refractivity contribution in [3.63, 3.8) is 0 Å². The molecule has 2 atom stereocenters. The number of carbonyl (C=O) groups excluding carboxylic acids is 3. The Bertz CT molecular complexity index is 777. The van der Waals surface area contributed by atoms with Crippen LogP contribution in [0.15, 0.2) is 30.3 Å². The molecule has 0 spiro atoms. The molecule has 1 fully saturated rings. The van der Waals surface area contributed by atoms with E-state index in [9.17, 15) is 14.4 Å². The lowest BCUT2D eigenvalue weighted by molar-refractivity contribution is -0.123. The van der Waals surface area contributed by atoms with Crippen LogP contribution >= 0.6 is 0 Å². The van der Waals surface area contributed by atoms with E-state index in [1.54, 1.807) is 4.90 Å². The number of nitrogens with one attached hydrogen (secondary N) is 2. The van der Waals surface area contributed by atoms with Gasteiger partial charge in [0.1, 0.15) is 18.2 Å². The van der Waals surface area contributed by atoms with Crippen LogP contribution < -0.4 is 10.6 Å². The molecule has 8 heteroatoms. The first-order chi connectivity index (χ1) is 16.5. The molecule has 1 saturated heterocycles. The van der Waals surface area contributed by atoms with Gasteiger partial charge in [0.25, 0.3) is 0 Å². The molecule has 0 aromatic heterocycles. The first kappa shape index (κ1) is 30.3. The van der Waals surface area contributed by atoms with Gasteiger partial charge in [0.05, 0.1) is 6.04 Å². The normalized spacial score (nSPS) is 16.5. The topological polar surface area (TPSA) is 97.0 Å². The average Bonchev–Trinajstić information content (AvgIpc) is 2.81. The number of piperidine rings is 1. The Labute approximate surface area is 211 Å². The SMILES string of the molecule is CC.CC(C)CC(NC(=O)OCc1ccccc1)C(=O)NCC1CCCCN1C(=O)OC(C)(C)C. The zero-order chi connectivity index (χ0) is 26.4. The Morgan fingerprint density at radius 2 is 1.74 bits per heavy atom. The Kier molecular flexibility index (Phi) is 13.2. The van der Waals surface area contributed by atoms with Gasteiger partial charge in [-0.25, -0.2) is 9.59 Å². The van der Waals surface area contributed by atoms with Crippen LogP contribution in [-0.2, 0) is 20.9 Å². The lowest BCUT2D eigenvalue weighted by Gasteiger charge is -2.37. The van der Waals surface area contributed by atoms with Gasteiger partial charge in [0.2, 0.25) is 5.91 Å². The first-order valence-electron chi connectivity index (χ1n) is 12.8. The summed E-state index contributed by atoms with van der Waals surface area (Å²) in [6, 6.07) is 8.52. The number of amides is 3. The van der Waals surface area contributed by atoms with Crippen LogP contribution in [0, 0.1) is 5.92 Å². The maximum Gasteiger partial charge on any atom is 0.410 e. The Morgan fingerprint density at radius 3 is 2.34 bits per heavy atom. The first-order valence-corrected chi connectivity index (χ1v) is 12.8. The van der Waals surface area contributed by atoms with E-state index in [1.165, 1.54) is 0 Å². The van der Waals surface area contributed by atoms with Crippen molar-refractivity contribution < 1.29 is 23.9 Å². The summed E-state index contributed by atoms with van der Waals surface area (Å²) in [4.78, 5) is 39.5. The molecule has 35 heavy (non-hydrogen) atoms. The van der Waals surface area contributed by atoms with E-state index in [0.29, 0.717) is 19.5 Å². The van der Waals surface area contributed by atoms with Crippen molar-refractivity contribution in [2.75, 3.05) is 13.1 Å². The van der Waals surface area contributed by atoms with E-state index < -0.39 is 17.7 Å². The van der Waals surface area contributed by atoms with Gasteiger partial charge in [-0.2, -0.15) is 0 Å². The van der Waals surface area contributed by atoms with Crippen LogP contribution in [0.5, 0.6) is 0 Å². The van der Waals surface area contributed by atoms with Crippen LogP contribution in [0.4, 0.5) is 9.59 Å². The van der Waals surface area contributed by atoms with Crippen molar-refractivity contribution in [2.24, 2.45) is 5.92 Å². The number of benzene rings is 1. The van der Waals surface area contributed by atoms with Crippen molar-refractivity contribution >= 4 is 18.1 Å². The smallest absolute Gasteiger partial charge is 0.410 e. The van der Waals surface area contributed by atoms with Crippen LogP contribution in [0.3, 0.4) is 0 Å². The molecule has 0 saturated carbocycles. The number of alkyl carbamates (subject to hydrolysis) is 1. The van der Waals surface area contributed by atoms with Gasteiger partial charge in [-0.15, -0.1) is 0 Å². The standard InChI is InChI=1S/C25H39N3O5.C2H6/c1-18(2)15-21(27-23(30)32-17-19-11-7-6-8-12-19)22(29)26-16-20-13-9-10-14-28(20)24(31)33-25(3,4)5;1-2/h6-8,11-12,18,20-21H,9-10,13-17H2,1-5H3,(H,26,29)(H,27,30);1-2H3. The van der Waals surface area contributed by atoms with Gasteiger partial charge in [0.15, 0.2) is 0 Å². The number of carbonyl (C=O) groups is 3. The molecule has 1 aromatic rings. The van der Waals surface area contributed by atoms with Crippen molar-refractivity contribution in [1.29, 1.82) is 0 Å². The van der Waals surface area contributed by atoms with Crippen molar-refractivity contribution in [3.05, 3.63) is 35.9 Å². The molecule has 198 valence electrons. The molecular formula is C27H45N3O5. The third-order valence-electron chi connectivity index (χ3n) is 5.30. The maximum atomic E-state index is 12.9. The molecule has 1 heterocycles. The van der Waals surface area contributed by atoms with Crippen molar-refractivity contribution in [3.8, 4) is 0 Å². The third-order valence-corrected chi connectivity index (χ3v) is 5.30. The van der Waals surface area contributed by atoms with E-state index in [-0.39, 0.29) is 30.6 Å². The van der Waals surface area contributed by atoms with Gasteiger partial charge >= 0.3 is 12.2 Å². The second kappa shape index (κ2) is 15.3. The van der Waals surface area contributed by atoms with Gasteiger partial charge in [-0.3, -0.25) is 4.79 Å². The molecule has 3 amide bonds. The quantitative estimate of drug-likeness (QED) is 0.517. The summed E-state index contributed by atoms with van der Waals surface area (Å²) in [6.45, 7) is 14.5. The molecule has 2 unspecified atom stereocenters. The summed E-state index contributed by atoms with van der Waals surface area (Å²) in [5, 5.41) is 5.62. The summed E-state index contributed by atoms with van der Waals surface area (Å²) in [6.07, 6.45) is 2.18. The zero-order valence-corrected chi connectivity index (χ0v) is 22.6. The van der Waals surface area contributed by atoms with Gasteiger partial charge in [0, 0.05) is 13.1 Å². The lowest BCUT2D eigenvalue weighted by atomic mass is 10.0. The Balaban J connectivity index is 0.00000298. The fraction of sp³-hybridized carbons (Fsp3) is 0.667. The molecule has 0 bridgehead atoms. The lowest BCUT2D eigenvalue weighted by Crippen LogP contribution is -2.54. The number of ether oxygens (including phenoxy) is 2. The number of rotatable bonds is 8. The molecule has 1 aliphatic heterocycles. The summed E-state index contributed by atoms with van der Waals surface area (Å²) < 4.78 is 10.8. The van der Waals surface area contributed by atoms with Gasteiger partial charge in [-0.1, -0.05) is 58.0 Å². The van der Waals surface area contributed by atoms with E-state index in [1.807, 2.05) is 78.8 Å². The summed E-state index contributed by atoms with van der Waals surface area (Å²) >= 11 is 0. The van der Waals surface area contributed by atoms with Crippen molar-refractivity contribution in [2.45, 2.75) is 98.4 Å². The van der Waals surface area contributed by atoms with Crippen molar-refractivity contribution in [1.82, 2.24) is 15.5 Å². The molecule has 1 aromatic carbocycles. The minimum absolute atomic E-state index is 0.135. The van der Waals surface area contributed by atoms with Crippen LogP contribution in [0.2, 0.25) is 0 Å². The molecule has 2 N–H and O–H groups in total. The second-order valence-electron chi connectivity index (χ2n) is 9.96. The minimum atomic E-state index is -0.716. The van der Waals surface area contributed by atoms with Crippen LogP contribution in [0.25, 0.3) is 0 Å². The highest BCUT2D eigenvalue weighted by molar-refractivity contribution is 5.85. The summed E-state index contributed by atoms with van der Waals surface area (Å²) in [5.74, 6) is -0.0850. The Hall–Kier alpha value is -2.77. The maximum absolute atomic E-state index is 12.9. The van der Waals surface area contributed by atoms with Crippen LogP contribution in [-0.4, -0.2) is 53.8 Å². The largest absolute Gasteiger partial charge is 0.445 e. The average molecular weight is 492 g/mol.